The third-order valence-electron chi connectivity index (χ3n) is 2.13. The predicted octanol–water partition coefficient (Wildman–Crippen LogP) is 2.56. The summed E-state index contributed by atoms with van der Waals surface area (Å²) in [5, 5.41) is 0. The number of hydrogen-bond acceptors (Lipinski definition) is 4. The molecule has 2 heterocycles. The van der Waals surface area contributed by atoms with E-state index in [0.717, 1.165) is 10.6 Å². The number of pyridine rings is 1. The predicted molar refractivity (Wildman–Crippen MR) is 68.8 cm³/mol. The summed E-state index contributed by atoms with van der Waals surface area (Å²) >= 11 is 1.25. The molecule has 17 heavy (non-hydrogen) atoms. The molecule has 0 radical (unpaired) electrons. The lowest BCUT2D eigenvalue weighted by molar-refractivity contribution is 0.603. The van der Waals surface area contributed by atoms with Crippen molar-refractivity contribution in [3.63, 3.8) is 0 Å². The monoisotopic (exact) mass is 268 g/mol. The number of rotatable bonds is 3. The van der Waals surface area contributed by atoms with Crippen LogP contribution in [-0.4, -0.2) is 13.4 Å². The molecular formula is C11H12N2O2S2. The highest BCUT2D eigenvalue weighted by Crippen LogP contribution is 2.23. The van der Waals surface area contributed by atoms with Crippen LogP contribution in [0.3, 0.4) is 0 Å². The summed E-state index contributed by atoms with van der Waals surface area (Å²) in [5.41, 5.74) is 1.30. The molecule has 2 aromatic heterocycles. The first kappa shape index (κ1) is 12.1. The second kappa shape index (κ2) is 4.46. The second-order valence-corrected chi connectivity index (χ2v) is 6.85. The molecule has 0 unspecified atom stereocenters. The molecule has 2 rings (SSSR count). The number of aromatic nitrogens is 1. The van der Waals surface area contributed by atoms with Gasteiger partial charge in [-0.3, -0.25) is 9.71 Å². The first-order chi connectivity index (χ1) is 7.97. The fraction of sp³-hybridized carbons (Fsp3) is 0.182. The Bertz CT molecular complexity index is 632. The van der Waals surface area contributed by atoms with E-state index in [1.807, 2.05) is 13.8 Å². The fourth-order valence-corrected chi connectivity index (χ4v) is 3.70. The van der Waals surface area contributed by atoms with E-state index < -0.39 is 10.0 Å². The number of anilines is 1. The highest BCUT2D eigenvalue weighted by molar-refractivity contribution is 7.94. The zero-order chi connectivity index (χ0) is 12.5. The maximum absolute atomic E-state index is 12.0. The number of thiophene rings is 1. The minimum atomic E-state index is -3.47. The number of aryl methyl sites for hydroxylation is 2. The lowest BCUT2D eigenvalue weighted by Gasteiger charge is -2.06. The topological polar surface area (TPSA) is 59.1 Å². The van der Waals surface area contributed by atoms with Crippen LogP contribution >= 0.6 is 11.3 Å². The largest absolute Gasteiger partial charge is 0.279 e. The van der Waals surface area contributed by atoms with E-state index in [1.165, 1.54) is 11.3 Å². The molecule has 1 N–H and O–H groups in total. The van der Waals surface area contributed by atoms with Gasteiger partial charge in [0.15, 0.2) is 0 Å². The Labute approximate surface area is 104 Å². The van der Waals surface area contributed by atoms with E-state index >= 15 is 0 Å². The van der Waals surface area contributed by atoms with Crippen LogP contribution in [0, 0.1) is 13.8 Å². The smallest absolute Gasteiger partial charge is 0.271 e. The average molecular weight is 268 g/mol. The molecule has 90 valence electrons. The van der Waals surface area contributed by atoms with Crippen molar-refractivity contribution in [2.45, 2.75) is 18.1 Å². The molecule has 6 heteroatoms. The first-order valence-corrected chi connectivity index (χ1v) is 7.29. The maximum Gasteiger partial charge on any atom is 0.271 e. The van der Waals surface area contributed by atoms with Crippen molar-refractivity contribution in [3.8, 4) is 0 Å². The maximum atomic E-state index is 12.0. The Morgan fingerprint density at radius 1 is 1.24 bits per heavy atom. The van der Waals surface area contributed by atoms with Gasteiger partial charge in [0.05, 0.1) is 5.69 Å². The third-order valence-corrected chi connectivity index (χ3v) is 5.00. The van der Waals surface area contributed by atoms with Gasteiger partial charge in [-0.05, 0) is 38.1 Å². The summed E-state index contributed by atoms with van der Waals surface area (Å²) in [7, 11) is -3.47. The summed E-state index contributed by atoms with van der Waals surface area (Å²) < 4.78 is 26.9. The number of hydrogen-bond donors (Lipinski definition) is 1. The van der Waals surface area contributed by atoms with E-state index in [4.69, 9.17) is 0 Å². The summed E-state index contributed by atoms with van der Waals surface area (Å²) in [4.78, 5) is 4.98. The molecule has 4 nitrogen and oxygen atoms in total. The number of nitrogens with zero attached hydrogens (tertiary/aromatic N) is 1. The van der Waals surface area contributed by atoms with E-state index in [1.54, 1.807) is 30.5 Å². The lowest BCUT2D eigenvalue weighted by atomic mass is 10.3. The van der Waals surface area contributed by atoms with Crippen LogP contribution in [0.5, 0.6) is 0 Å². The molecular weight excluding hydrogens is 256 g/mol. The normalized spacial score (nSPS) is 11.4. The Hall–Kier alpha value is -1.40. The van der Waals surface area contributed by atoms with Crippen LogP contribution in [-0.2, 0) is 10.0 Å². The second-order valence-electron chi connectivity index (χ2n) is 3.66. The van der Waals surface area contributed by atoms with Crippen LogP contribution < -0.4 is 4.72 Å². The van der Waals surface area contributed by atoms with Crippen LogP contribution in [0.4, 0.5) is 5.69 Å². The summed E-state index contributed by atoms with van der Waals surface area (Å²) in [5.74, 6) is 0. The molecule has 0 saturated carbocycles. The quantitative estimate of drug-likeness (QED) is 0.930. The molecule has 0 spiro atoms. The number of sulfonamides is 1. The number of nitrogens with one attached hydrogen (secondary N) is 1. The van der Waals surface area contributed by atoms with Gasteiger partial charge < -0.3 is 0 Å². The Morgan fingerprint density at radius 2 is 2.00 bits per heavy atom. The minimum absolute atomic E-state index is 0.324. The highest BCUT2D eigenvalue weighted by atomic mass is 32.2. The van der Waals surface area contributed by atoms with Crippen molar-refractivity contribution < 1.29 is 8.42 Å². The van der Waals surface area contributed by atoms with Crippen molar-refractivity contribution in [3.05, 3.63) is 41.0 Å². The first-order valence-electron chi connectivity index (χ1n) is 4.99. The van der Waals surface area contributed by atoms with Crippen LogP contribution in [0.15, 0.2) is 34.7 Å². The van der Waals surface area contributed by atoms with Gasteiger partial charge in [0.1, 0.15) is 4.21 Å². The average Bonchev–Trinajstić information content (AvgIpc) is 2.65. The fourth-order valence-electron chi connectivity index (χ4n) is 1.37. The summed E-state index contributed by atoms with van der Waals surface area (Å²) in [6, 6.07) is 6.72. The molecule has 0 aliphatic heterocycles. The van der Waals surface area contributed by atoms with E-state index in [2.05, 4.69) is 9.71 Å². The summed E-state index contributed by atoms with van der Waals surface area (Å²) in [6.45, 7) is 3.69. The highest BCUT2D eigenvalue weighted by Gasteiger charge is 2.16. The van der Waals surface area contributed by atoms with Gasteiger partial charge in [0.2, 0.25) is 0 Å². The molecule has 0 fully saturated rings. The van der Waals surface area contributed by atoms with E-state index in [9.17, 15) is 8.42 Å². The molecule has 0 aromatic carbocycles. The van der Waals surface area contributed by atoms with Gasteiger partial charge in [-0.2, -0.15) is 0 Å². The minimum Gasteiger partial charge on any atom is -0.279 e. The van der Waals surface area contributed by atoms with Crippen LogP contribution in [0.25, 0.3) is 0 Å². The molecule has 0 aliphatic carbocycles. The van der Waals surface area contributed by atoms with Gasteiger partial charge >= 0.3 is 0 Å². The molecule has 0 atom stereocenters. The van der Waals surface area contributed by atoms with Crippen molar-refractivity contribution in [1.82, 2.24) is 4.98 Å². The molecule has 2 aromatic rings. The Morgan fingerprint density at radius 3 is 2.59 bits per heavy atom. The Kier molecular flexibility index (Phi) is 3.17. The van der Waals surface area contributed by atoms with Gasteiger partial charge in [-0.15, -0.1) is 11.3 Å². The van der Waals surface area contributed by atoms with Crippen molar-refractivity contribution in [2.75, 3.05) is 4.72 Å². The zero-order valence-corrected chi connectivity index (χ0v) is 11.1. The van der Waals surface area contributed by atoms with E-state index in [-0.39, 0.29) is 0 Å². The zero-order valence-electron chi connectivity index (χ0n) is 9.47. The van der Waals surface area contributed by atoms with Crippen LogP contribution in [0.1, 0.15) is 10.6 Å². The summed E-state index contributed by atoms with van der Waals surface area (Å²) in [6.07, 6.45) is 1.58. The lowest BCUT2D eigenvalue weighted by Crippen LogP contribution is -2.11. The SMILES string of the molecule is Cc1cc(NS(=O)(=O)c2ccc(C)s2)ccn1. The molecule has 0 aliphatic rings. The third kappa shape index (κ3) is 2.83. The van der Waals surface area contributed by atoms with E-state index in [0.29, 0.717) is 9.90 Å². The van der Waals surface area contributed by atoms with Gasteiger partial charge in [-0.1, -0.05) is 0 Å². The van der Waals surface area contributed by atoms with Gasteiger partial charge in [0, 0.05) is 16.8 Å². The molecule has 0 amide bonds. The Balaban J connectivity index is 2.29. The van der Waals surface area contributed by atoms with Gasteiger partial charge in [-0.25, -0.2) is 8.42 Å². The molecule has 0 saturated heterocycles. The van der Waals surface area contributed by atoms with Crippen molar-refractivity contribution in [2.24, 2.45) is 0 Å². The van der Waals surface area contributed by atoms with Crippen molar-refractivity contribution >= 4 is 27.0 Å². The standard InChI is InChI=1S/C11H12N2O2S2/c1-8-7-10(5-6-12-8)13-17(14,15)11-4-3-9(2)16-11/h3-7H,1-2H3,(H,12,13). The molecule has 0 bridgehead atoms. The van der Waals surface area contributed by atoms with Crippen molar-refractivity contribution in [1.29, 1.82) is 0 Å². The van der Waals surface area contributed by atoms with Gasteiger partial charge in [0.25, 0.3) is 10.0 Å². The van der Waals surface area contributed by atoms with Crippen LogP contribution in [0.2, 0.25) is 0 Å².